The average molecular weight is 222 g/mol. The molecule has 0 aromatic heterocycles. The molecule has 0 radical (unpaired) electrons. The van der Waals surface area contributed by atoms with Gasteiger partial charge >= 0.3 is 0 Å². The summed E-state index contributed by atoms with van der Waals surface area (Å²) in [6, 6.07) is 7.27. The van der Waals surface area contributed by atoms with Crippen molar-refractivity contribution in [2.24, 2.45) is 5.73 Å². The van der Waals surface area contributed by atoms with Crippen LogP contribution in [0.5, 0.6) is 5.75 Å². The number of para-hydroxylation sites is 1. The molecule has 1 heterocycles. The Bertz CT molecular complexity index is 351. The molecular formula is C12H18N2O2. The number of nitrogens with zero attached hydrogens (tertiary/aromatic N) is 1. The highest BCUT2D eigenvalue weighted by atomic mass is 16.5. The van der Waals surface area contributed by atoms with Crippen LogP contribution in [0, 0.1) is 0 Å². The summed E-state index contributed by atoms with van der Waals surface area (Å²) in [7, 11) is 2.06. The summed E-state index contributed by atoms with van der Waals surface area (Å²) >= 11 is 0. The third-order valence-electron chi connectivity index (χ3n) is 2.84. The number of aliphatic hydroxyl groups excluding tert-OH is 1. The Kier molecular flexibility index (Phi) is 3.43. The lowest BCUT2D eigenvalue weighted by atomic mass is 10.1. The lowest BCUT2D eigenvalue weighted by molar-refractivity contribution is 0.0376. The number of likely N-dealkylation sites (N-methyl/N-ethyl adjacent to an activating group) is 1. The molecule has 0 bridgehead atoms. The van der Waals surface area contributed by atoms with Crippen molar-refractivity contribution < 1.29 is 9.84 Å². The lowest BCUT2D eigenvalue weighted by Crippen LogP contribution is -2.51. The zero-order valence-corrected chi connectivity index (χ0v) is 9.47. The third-order valence-corrected chi connectivity index (χ3v) is 2.84. The quantitative estimate of drug-likeness (QED) is 0.773. The second kappa shape index (κ2) is 4.82. The maximum atomic E-state index is 9.07. The van der Waals surface area contributed by atoms with Crippen molar-refractivity contribution in [1.82, 2.24) is 4.90 Å². The van der Waals surface area contributed by atoms with Crippen molar-refractivity contribution in [1.29, 1.82) is 0 Å². The molecule has 1 aliphatic rings. The van der Waals surface area contributed by atoms with E-state index in [4.69, 9.17) is 15.6 Å². The van der Waals surface area contributed by atoms with Gasteiger partial charge in [-0.25, -0.2) is 0 Å². The molecule has 0 aliphatic carbocycles. The second-order valence-electron chi connectivity index (χ2n) is 4.29. The van der Waals surface area contributed by atoms with Crippen molar-refractivity contribution in [3.8, 4) is 5.75 Å². The first kappa shape index (κ1) is 11.4. The first-order chi connectivity index (χ1) is 7.70. The smallest absolute Gasteiger partial charge is 0.124 e. The highest BCUT2D eigenvalue weighted by Gasteiger charge is 2.26. The Balaban J connectivity index is 2.07. The van der Waals surface area contributed by atoms with Crippen LogP contribution in [-0.2, 0) is 0 Å². The molecule has 1 unspecified atom stereocenters. The normalized spacial score (nSPS) is 19.2. The summed E-state index contributed by atoms with van der Waals surface area (Å²) in [5.41, 5.74) is 6.69. The average Bonchev–Trinajstić information content (AvgIpc) is 2.27. The summed E-state index contributed by atoms with van der Waals surface area (Å²) in [6.07, 6.45) is 0.247. The maximum absolute atomic E-state index is 9.07. The number of hydrogen-bond donors (Lipinski definition) is 2. The van der Waals surface area contributed by atoms with Gasteiger partial charge in [-0.05, 0) is 13.1 Å². The van der Waals surface area contributed by atoms with Crippen molar-refractivity contribution >= 4 is 0 Å². The van der Waals surface area contributed by atoms with Crippen LogP contribution in [0.25, 0.3) is 0 Å². The molecule has 1 atom stereocenters. The SMILES string of the molecule is CN1CC(Oc2ccccc2C(N)CO)C1. The predicted octanol–water partition coefficient (Wildman–Crippen LogP) is 0.372. The van der Waals surface area contributed by atoms with Gasteiger partial charge in [0.05, 0.1) is 12.6 Å². The number of aliphatic hydroxyl groups is 1. The molecule has 1 saturated heterocycles. The Labute approximate surface area is 95.6 Å². The van der Waals surface area contributed by atoms with Gasteiger partial charge in [-0.15, -0.1) is 0 Å². The molecule has 2 rings (SSSR count). The minimum absolute atomic E-state index is 0.0645. The van der Waals surface area contributed by atoms with Crippen LogP contribution in [0.1, 0.15) is 11.6 Å². The number of likely N-dealkylation sites (tertiary alicyclic amines) is 1. The van der Waals surface area contributed by atoms with Gasteiger partial charge in [-0.2, -0.15) is 0 Å². The Morgan fingerprint density at radius 1 is 1.50 bits per heavy atom. The number of rotatable bonds is 4. The van der Waals surface area contributed by atoms with Crippen LogP contribution in [0.15, 0.2) is 24.3 Å². The van der Waals surface area contributed by atoms with E-state index in [0.717, 1.165) is 24.4 Å². The molecule has 4 heteroatoms. The fourth-order valence-corrected chi connectivity index (χ4v) is 1.89. The molecule has 4 nitrogen and oxygen atoms in total. The second-order valence-corrected chi connectivity index (χ2v) is 4.29. The van der Waals surface area contributed by atoms with E-state index in [1.165, 1.54) is 0 Å². The van der Waals surface area contributed by atoms with Gasteiger partial charge < -0.3 is 15.6 Å². The largest absolute Gasteiger partial charge is 0.487 e. The van der Waals surface area contributed by atoms with Crippen molar-refractivity contribution in [2.45, 2.75) is 12.1 Å². The van der Waals surface area contributed by atoms with Crippen LogP contribution >= 0.6 is 0 Å². The van der Waals surface area contributed by atoms with Crippen molar-refractivity contribution in [2.75, 3.05) is 26.7 Å². The van der Waals surface area contributed by atoms with Crippen LogP contribution < -0.4 is 10.5 Å². The maximum Gasteiger partial charge on any atom is 0.124 e. The number of nitrogens with two attached hydrogens (primary N) is 1. The van der Waals surface area contributed by atoms with Crippen molar-refractivity contribution in [3.05, 3.63) is 29.8 Å². The number of hydrogen-bond acceptors (Lipinski definition) is 4. The van der Waals surface area contributed by atoms with Crippen LogP contribution in [0.4, 0.5) is 0 Å². The van der Waals surface area contributed by atoms with Gasteiger partial charge in [0.25, 0.3) is 0 Å². The molecule has 1 fully saturated rings. The van der Waals surface area contributed by atoms with E-state index in [1.807, 2.05) is 24.3 Å². The van der Waals surface area contributed by atoms with Gasteiger partial charge in [0.1, 0.15) is 11.9 Å². The van der Waals surface area contributed by atoms with Crippen LogP contribution in [-0.4, -0.2) is 42.9 Å². The summed E-state index contributed by atoms with van der Waals surface area (Å²) in [4.78, 5) is 2.19. The molecule has 3 N–H and O–H groups in total. The Morgan fingerprint density at radius 2 is 2.19 bits per heavy atom. The molecule has 1 aromatic rings. The minimum Gasteiger partial charge on any atom is -0.487 e. The zero-order chi connectivity index (χ0) is 11.5. The van der Waals surface area contributed by atoms with Crippen LogP contribution in [0.2, 0.25) is 0 Å². The molecule has 1 aromatic carbocycles. The van der Waals surface area contributed by atoms with Crippen molar-refractivity contribution in [3.63, 3.8) is 0 Å². The van der Waals surface area contributed by atoms with E-state index in [0.29, 0.717) is 0 Å². The van der Waals surface area contributed by atoms with Gasteiger partial charge in [0.15, 0.2) is 0 Å². The number of benzene rings is 1. The highest BCUT2D eigenvalue weighted by Crippen LogP contribution is 2.25. The highest BCUT2D eigenvalue weighted by molar-refractivity contribution is 5.36. The lowest BCUT2D eigenvalue weighted by Gasteiger charge is -2.36. The van der Waals surface area contributed by atoms with E-state index >= 15 is 0 Å². The number of ether oxygens (including phenoxy) is 1. The first-order valence-corrected chi connectivity index (χ1v) is 5.51. The standard InChI is InChI=1S/C12H18N2O2/c1-14-6-9(7-14)16-12-5-3-2-4-10(12)11(13)8-15/h2-5,9,11,15H,6-8,13H2,1H3. The summed E-state index contributed by atoms with van der Waals surface area (Å²) < 4.78 is 5.84. The molecular weight excluding hydrogens is 204 g/mol. The summed E-state index contributed by atoms with van der Waals surface area (Å²) in [5.74, 6) is 0.794. The summed E-state index contributed by atoms with van der Waals surface area (Å²) in [5, 5.41) is 9.07. The first-order valence-electron chi connectivity index (χ1n) is 5.51. The molecule has 0 saturated carbocycles. The topological polar surface area (TPSA) is 58.7 Å². The molecule has 88 valence electrons. The van der Waals surface area contributed by atoms with E-state index < -0.39 is 0 Å². The third kappa shape index (κ3) is 2.35. The zero-order valence-electron chi connectivity index (χ0n) is 9.47. The minimum atomic E-state index is -0.367. The van der Waals surface area contributed by atoms with Gasteiger partial charge in [0, 0.05) is 18.7 Å². The molecule has 0 spiro atoms. The Hall–Kier alpha value is -1.10. The predicted molar refractivity (Wildman–Crippen MR) is 62.4 cm³/mol. The van der Waals surface area contributed by atoms with E-state index in [-0.39, 0.29) is 18.8 Å². The fraction of sp³-hybridized carbons (Fsp3) is 0.500. The molecule has 1 aliphatic heterocycles. The summed E-state index contributed by atoms with van der Waals surface area (Å²) in [6.45, 7) is 1.83. The van der Waals surface area contributed by atoms with Gasteiger partial charge in [-0.1, -0.05) is 18.2 Å². The fourth-order valence-electron chi connectivity index (χ4n) is 1.89. The van der Waals surface area contributed by atoms with Crippen LogP contribution in [0.3, 0.4) is 0 Å². The molecule has 0 amide bonds. The Morgan fingerprint density at radius 3 is 2.81 bits per heavy atom. The van der Waals surface area contributed by atoms with E-state index in [9.17, 15) is 0 Å². The molecule has 16 heavy (non-hydrogen) atoms. The van der Waals surface area contributed by atoms with Gasteiger partial charge in [0.2, 0.25) is 0 Å². The van der Waals surface area contributed by atoms with E-state index in [2.05, 4.69) is 11.9 Å². The van der Waals surface area contributed by atoms with E-state index in [1.54, 1.807) is 0 Å². The van der Waals surface area contributed by atoms with Gasteiger partial charge in [-0.3, -0.25) is 4.90 Å². The monoisotopic (exact) mass is 222 g/mol.